The molecule has 136 valence electrons. The molecule has 2 rings (SSSR count). The maximum absolute atomic E-state index is 10.7. The predicted octanol–water partition coefficient (Wildman–Crippen LogP) is 3.38. The third-order valence-corrected chi connectivity index (χ3v) is 5.44. The van der Waals surface area contributed by atoms with Crippen molar-refractivity contribution in [3.8, 4) is 0 Å². The average Bonchev–Trinajstić information content (AvgIpc) is 3.17. The van der Waals surface area contributed by atoms with E-state index in [0.717, 1.165) is 32.1 Å². The van der Waals surface area contributed by atoms with Crippen molar-refractivity contribution in [3.05, 3.63) is 0 Å². The number of aliphatic hydroxyl groups excluding tert-OH is 1. The van der Waals surface area contributed by atoms with Crippen LogP contribution in [0.15, 0.2) is 0 Å². The van der Waals surface area contributed by atoms with E-state index in [1.165, 1.54) is 0 Å². The van der Waals surface area contributed by atoms with Crippen molar-refractivity contribution in [1.82, 2.24) is 0 Å². The van der Waals surface area contributed by atoms with E-state index in [0.29, 0.717) is 13.0 Å². The lowest BCUT2D eigenvalue weighted by molar-refractivity contribution is -0.191. The summed E-state index contributed by atoms with van der Waals surface area (Å²) >= 11 is 0. The molecular formula is C18H34O5. The van der Waals surface area contributed by atoms with Crippen molar-refractivity contribution in [2.45, 2.75) is 109 Å². The maximum Gasteiger partial charge on any atom is 0.168 e. The molecule has 5 heteroatoms. The van der Waals surface area contributed by atoms with Gasteiger partial charge in [0, 0.05) is 6.42 Å². The Kier molecular flexibility index (Phi) is 6.48. The monoisotopic (exact) mass is 330 g/mol. The van der Waals surface area contributed by atoms with Gasteiger partial charge in [-0.05, 0) is 32.1 Å². The summed E-state index contributed by atoms with van der Waals surface area (Å²) in [4.78, 5) is 0. The Bertz CT molecular complexity index is 364. The number of ether oxygens (including phenoxy) is 4. The Labute approximate surface area is 140 Å². The Hall–Kier alpha value is -0.200. The second-order valence-corrected chi connectivity index (χ2v) is 6.74. The van der Waals surface area contributed by atoms with Gasteiger partial charge in [-0.1, -0.05) is 34.6 Å². The van der Waals surface area contributed by atoms with Crippen molar-refractivity contribution in [3.63, 3.8) is 0 Å². The molecule has 0 spiro atoms. The summed E-state index contributed by atoms with van der Waals surface area (Å²) in [5, 5.41) is 10.7. The minimum atomic E-state index is -0.599. The zero-order valence-corrected chi connectivity index (χ0v) is 15.3. The Balaban J connectivity index is 1.96. The number of hydrogen-bond acceptors (Lipinski definition) is 5. The van der Waals surface area contributed by atoms with Gasteiger partial charge in [0.15, 0.2) is 11.6 Å². The first-order valence-electron chi connectivity index (χ1n) is 9.32. The fourth-order valence-electron chi connectivity index (χ4n) is 3.68. The zero-order valence-electron chi connectivity index (χ0n) is 15.3. The molecule has 0 bridgehead atoms. The van der Waals surface area contributed by atoms with Crippen LogP contribution in [0.4, 0.5) is 0 Å². The highest BCUT2D eigenvalue weighted by atomic mass is 16.8. The fraction of sp³-hybridized carbons (Fsp3) is 1.00. The first-order chi connectivity index (χ1) is 11.0. The second kappa shape index (κ2) is 7.79. The van der Waals surface area contributed by atoms with Gasteiger partial charge in [0.2, 0.25) is 0 Å². The third kappa shape index (κ3) is 3.90. The molecule has 0 aromatic heterocycles. The van der Waals surface area contributed by atoms with Crippen molar-refractivity contribution in [2.75, 3.05) is 6.61 Å². The van der Waals surface area contributed by atoms with Crippen LogP contribution >= 0.6 is 0 Å². The van der Waals surface area contributed by atoms with Crippen LogP contribution in [0.1, 0.15) is 73.1 Å². The van der Waals surface area contributed by atoms with E-state index in [1.807, 2.05) is 0 Å². The van der Waals surface area contributed by atoms with Crippen molar-refractivity contribution >= 4 is 0 Å². The van der Waals surface area contributed by atoms with Crippen LogP contribution in [0, 0.1) is 0 Å². The summed E-state index contributed by atoms with van der Waals surface area (Å²) in [5.74, 6) is -1.02. The molecule has 2 fully saturated rings. The van der Waals surface area contributed by atoms with Crippen LogP contribution in [-0.4, -0.2) is 47.7 Å². The van der Waals surface area contributed by atoms with E-state index >= 15 is 0 Å². The molecule has 2 saturated heterocycles. The van der Waals surface area contributed by atoms with Crippen LogP contribution in [0.3, 0.4) is 0 Å². The van der Waals surface area contributed by atoms with Crippen LogP contribution in [0.2, 0.25) is 0 Å². The van der Waals surface area contributed by atoms with Crippen LogP contribution in [-0.2, 0) is 18.9 Å². The fourth-order valence-corrected chi connectivity index (χ4v) is 3.68. The van der Waals surface area contributed by atoms with Gasteiger partial charge < -0.3 is 24.1 Å². The van der Waals surface area contributed by atoms with Gasteiger partial charge in [-0.15, -0.1) is 0 Å². The molecule has 5 nitrogen and oxygen atoms in total. The Morgan fingerprint density at radius 3 is 2.00 bits per heavy atom. The molecule has 4 unspecified atom stereocenters. The molecule has 0 aromatic carbocycles. The first kappa shape index (κ1) is 19.1. The molecule has 2 heterocycles. The normalized spacial score (nSPS) is 33.9. The van der Waals surface area contributed by atoms with E-state index in [4.69, 9.17) is 18.9 Å². The SMILES string of the molecule is CCC1OC(CC)(CC)OC1C(O)CC1COC(CC)(CC)O1. The topological polar surface area (TPSA) is 57.2 Å². The molecule has 2 aliphatic heterocycles. The minimum Gasteiger partial charge on any atom is -0.390 e. The summed E-state index contributed by atoms with van der Waals surface area (Å²) < 4.78 is 24.2. The summed E-state index contributed by atoms with van der Waals surface area (Å²) in [7, 11) is 0. The minimum absolute atomic E-state index is 0.0608. The Morgan fingerprint density at radius 2 is 1.52 bits per heavy atom. The molecule has 1 N–H and O–H groups in total. The largest absolute Gasteiger partial charge is 0.390 e. The van der Waals surface area contributed by atoms with E-state index < -0.39 is 17.7 Å². The highest BCUT2D eigenvalue weighted by Gasteiger charge is 2.48. The molecule has 0 amide bonds. The molecular weight excluding hydrogens is 296 g/mol. The van der Waals surface area contributed by atoms with Crippen LogP contribution < -0.4 is 0 Å². The molecule has 2 aliphatic rings. The standard InChI is InChI=1S/C18H34O5/c1-6-15-16(23-18(9-4,10-5)22-15)14(19)11-13-12-20-17(7-2,8-3)21-13/h13-16,19H,6-12H2,1-5H3. The quantitative estimate of drug-likeness (QED) is 0.739. The van der Waals surface area contributed by atoms with Crippen LogP contribution in [0.5, 0.6) is 0 Å². The highest BCUT2D eigenvalue weighted by Crippen LogP contribution is 2.39. The van der Waals surface area contributed by atoms with Gasteiger partial charge >= 0.3 is 0 Å². The second-order valence-electron chi connectivity index (χ2n) is 6.74. The summed E-state index contributed by atoms with van der Waals surface area (Å²) in [5.41, 5.74) is 0. The Morgan fingerprint density at radius 1 is 0.913 bits per heavy atom. The smallest absolute Gasteiger partial charge is 0.168 e. The average molecular weight is 330 g/mol. The van der Waals surface area contributed by atoms with Crippen molar-refractivity contribution < 1.29 is 24.1 Å². The molecule has 0 aliphatic carbocycles. The molecule has 0 aromatic rings. The van der Waals surface area contributed by atoms with Crippen molar-refractivity contribution in [2.24, 2.45) is 0 Å². The zero-order chi connectivity index (χ0) is 17.1. The van der Waals surface area contributed by atoms with Gasteiger partial charge in [0.25, 0.3) is 0 Å². The summed E-state index contributed by atoms with van der Waals surface area (Å²) in [6.07, 6.45) is 3.56. The summed E-state index contributed by atoms with van der Waals surface area (Å²) in [6, 6.07) is 0. The van der Waals surface area contributed by atoms with Gasteiger partial charge in [0.05, 0.1) is 24.9 Å². The van der Waals surface area contributed by atoms with Gasteiger partial charge in [-0.2, -0.15) is 0 Å². The molecule has 0 saturated carbocycles. The van der Waals surface area contributed by atoms with Crippen LogP contribution in [0.25, 0.3) is 0 Å². The molecule has 4 atom stereocenters. The number of hydrogen-bond donors (Lipinski definition) is 1. The molecule has 23 heavy (non-hydrogen) atoms. The number of aliphatic hydroxyl groups is 1. The predicted molar refractivity (Wildman–Crippen MR) is 88.1 cm³/mol. The van der Waals surface area contributed by atoms with E-state index in [9.17, 15) is 5.11 Å². The van der Waals surface area contributed by atoms with E-state index in [-0.39, 0.29) is 18.3 Å². The highest BCUT2D eigenvalue weighted by molar-refractivity contribution is 4.90. The lowest BCUT2D eigenvalue weighted by atomic mass is 10.0. The molecule has 0 radical (unpaired) electrons. The third-order valence-electron chi connectivity index (χ3n) is 5.44. The first-order valence-corrected chi connectivity index (χ1v) is 9.32. The van der Waals surface area contributed by atoms with Gasteiger partial charge in [-0.25, -0.2) is 0 Å². The van der Waals surface area contributed by atoms with E-state index in [1.54, 1.807) is 0 Å². The van der Waals surface area contributed by atoms with Gasteiger partial charge in [-0.3, -0.25) is 0 Å². The lowest BCUT2D eigenvalue weighted by Crippen LogP contribution is -2.39. The number of rotatable bonds is 8. The maximum atomic E-state index is 10.7. The lowest BCUT2D eigenvalue weighted by Gasteiger charge is -2.28. The van der Waals surface area contributed by atoms with Gasteiger partial charge in [0.1, 0.15) is 6.10 Å². The van der Waals surface area contributed by atoms with E-state index in [2.05, 4.69) is 34.6 Å². The summed E-state index contributed by atoms with van der Waals surface area (Å²) in [6.45, 7) is 10.9. The van der Waals surface area contributed by atoms with Crippen molar-refractivity contribution in [1.29, 1.82) is 0 Å².